The average molecular weight is 196 g/mol. The van der Waals surface area contributed by atoms with Gasteiger partial charge in [0.15, 0.2) is 0 Å². The standard InChI is InChI=1S/C8H12N2.2C2H6/c1-9-7-4-3-5-8(6-7)10-2;2*1-2/h3-6,9-10H,1-2H3;2*1-2H3. The van der Waals surface area contributed by atoms with E-state index in [1.165, 1.54) is 0 Å². The largest absolute Gasteiger partial charge is 0.388 e. The first-order valence-corrected chi connectivity index (χ1v) is 5.32. The minimum atomic E-state index is 1.13. The Bertz CT molecular complexity index is 190. The molecule has 0 unspecified atom stereocenters. The molecule has 0 heterocycles. The molecule has 1 rings (SSSR count). The first kappa shape index (κ1) is 15.3. The number of benzene rings is 1. The van der Waals surface area contributed by atoms with Crippen molar-refractivity contribution in [3.05, 3.63) is 24.3 Å². The summed E-state index contributed by atoms with van der Waals surface area (Å²) in [6.45, 7) is 8.00. The van der Waals surface area contributed by atoms with Gasteiger partial charge in [0.05, 0.1) is 0 Å². The molecule has 0 aliphatic heterocycles. The molecule has 2 nitrogen and oxygen atoms in total. The highest BCUT2D eigenvalue weighted by atomic mass is 14.8. The molecular formula is C12H24N2. The van der Waals surface area contributed by atoms with Gasteiger partial charge in [0.1, 0.15) is 0 Å². The van der Waals surface area contributed by atoms with Crippen molar-refractivity contribution in [1.29, 1.82) is 0 Å². The van der Waals surface area contributed by atoms with Gasteiger partial charge in [0.25, 0.3) is 0 Å². The van der Waals surface area contributed by atoms with Gasteiger partial charge in [-0.15, -0.1) is 0 Å². The number of hydrogen-bond acceptors (Lipinski definition) is 2. The van der Waals surface area contributed by atoms with Gasteiger partial charge in [0.2, 0.25) is 0 Å². The Morgan fingerprint density at radius 1 is 0.786 bits per heavy atom. The van der Waals surface area contributed by atoms with Gasteiger partial charge >= 0.3 is 0 Å². The number of rotatable bonds is 2. The molecule has 0 aliphatic rings. The number of hydrogen-bond donors (Lipinski definition) is 2. The second-order valence-corrected chi connectivity index (χ2v) is 2.08. The van der Waals surface area contributed by atoms with E-state index in [1.54, 1.807) is 0 Å². The van der Waals surface area contributed by atoms with Crippen molar-refractivity contribution >= 4 is 11.4 Å². The summed E-state index contributed by atoms with van der Waals surface area (Å²) in [5.74, 6) is 0. The monoisotopic (exact) mass is 196 g/mol. The summed E-state index contributed by atoms with van der Waals surface area (Å²) >= 11 is 0. The highest BCUT2D eigenvalue weighted by Gasteiger charge is 1.88. The van der Waals surface area contributed by atoms with Gasteiger partial charge in [-0.3, -0.25) is 0 Å². The van der Waals surface area contributed by atoms with Crippen molar-refractivity contribution in [2.24, 2.45) is 0 Å². The molecule has 2 heteroatoms. The number of nitrogens with one attached hydrogen (secondary N) is 2. The third-order valence-electron chi connectivity index (χ3n) is 1.44. The van der Waals surface area contributed by atoms with Crippen LogP contribution in [0, 0.1) is 0 Å². The van der Waals surface area contributed by atoms with E-state index in [0.29, 0.717) is 0 Å². The lowest BCUT2D eigenvalue weighted by Crippen LogP contribution is -1.90. The van der Waals surface area contributed by atoms with Crippen LogP contribution in [-0.4, -0.2) is 14.1 Å². The Labute approximate surface area is 88.7 Å². The first-order valence-electron chi connectivity index (χ1n) is 5.32. The van der Waals surface area contributed by atoms with Crippen molar-refractivity contribution in [2.45, 2.75) is 27.7 Å². The van der Waals surface area contributed by atoms with Gasteiger partial charge < -0.3 is 10.6 Å². The lowest BCUT2D eigenvalue weighted by Gasteiger charge is -2.02. The van der Waals surface area contributed by atoms with E-state index in [2.05, 4.69) is 16.7 Å². The minimum Gasteiger partial charge on any atom is -0.388 e. The normalized spacial score (nSPS) is 7.29. The topological polar surface area (TPSA) is 24.1 Å². The minimum absolute atomic E-state index is 1.13. The summed E-state index contributed by atoms with van der Waals surface area (Å²) in [6.07, 6.45) is 0. The molecule has 2 N–H and O–H groups in total. The molecule has 14 heavy (non-hydrogen) atoms. The van der Waals surface area contributed by atoms with Gasteiger partial charge in [-0.25, -0.2) is 0 Å². The van der Waals surface area contributed by atoms with Crippen LogP contribution in [-0.2, 0) is 0 Å². The maximum atomic E-state index is 3.06. The van der Waals surface area contributed by atoms with E-state index >= 15 is 0 Å². The Morgan fingerprint density at radius 2 is 1.14 bits per heavy atom. The smallest absolute Gasteiger partial charge is 0.0358 e. The van der Waals surface area contributed by atoms with Crippen LogP contribution in [0.5, 0.6) is 0 Å². The van der Waals surface area contributed by atoms with Crippen LogP contribution in [0.3, 0.4) is 0 Å². The van der Waals surface area contributed by atoms with Crippen molar-refractivity contribution in [2.75, 3.05) is 24.7 Å². The molecule has 0 fully saturated rings. The molecular weight excluding hydrogens is 172 g/mol. The molecule has 82 valence electrons. The Morgan fingerprint density at radius 3 is 1.43 bits per heavy atom. The molecule has 1 aromatic carbocycles. The lowest BCUT2D eigenvalue weighted by atomic mass is 10.3. The average Bonchev–Trinajstić information content (AvgIpc) is 2.34. The van der Waals surface area contributed by atoms with E-state index in [-0.39, 0.29) is 0 Å². The first-order chi connectivity index (χ1) is 6.86. The Kier molecular flexibility index (Phi) is 12.9. The van der Waals surface area contributed by atoms with Crippen LogP contribution in [0.4, 0.5) is 11.4 Å². The fourth-order valence-corrected chi connectivity index (χ4v) is 0.830. The van der Waals surface area contributed by atoms with Crippen LogP contribution in [0.2, 0.25) is 0 Å². The highest BCUT2D eigenvalue weighted by molar-refractivity contribution is 5.55. The van der Waals surface area contributed by atoms with Gasteiger partial charge in [-0.2, -0.15) is 0 Å². The Balaban J connectivity index is 0. The third kappa shape index (κ3) is 6.35. The van der Waals surface area contributed by atoms with Crippen LogP contribution in [0.15, 0.2) is 24.3 Å². The van der Waals surface area contributed by atoms with Crippen molar-refractivity contribution in [3.8, 4) is 0 Å². The van der Waals surface area contributed by atoms with E-state index in [4.69, 9.17) is 0 Å². The fraction of sp³-hybridized carbons (Fsp3) is 0.500. The number of anilines is 2. The SMILES string of the molecule is CC.CC.CNc1cccc(NC)c1. The van der Waals surface area contributed by atoms with Crippen LogP contribution in [0.25, 0.3) is 0 Å². The summed E-state index contributed by atoms with van der Waals surface area (Å²) in [5.41, 5.74) is 2.26. The predicted molar refractivity (Wildman–Crippen MR) is 68.2 cm³/mol. The van der Waals surface area contributed by atoms with Gasteiger partial charge in [-0.05, 0) is 18.2 Å². The summed E-state index contributed by atoms with van der Waals surface area (Å²) in [7, 11) is 3.82. The zero-order chi connectivity index (χ0) is 11.4. The van der Waals surface area contributed by atoms with Crippen molar-refractivity contribution in [3.63, 3.8) is 0 Å². The maximum Gasteiger partial charge on any atom is 0.0358 e. The summed E-state index contributed by atoms with van der Waals surface area (Å²) < 4.78 is 0. The highest BCUT2D eigenvalue weighted by Crippen LogP contribution is 2.12. The third-order valence-corrected chi connectivity index (χ3v) is 1.44. The molecule has 0 aromatic heterocycles. The molecule has 0 radical (unpaired) electrons. The van der Waals surface area contributed by atoms with Gasteiger partial charge in [0, 0.05) is 25.5 Å². The lowest BCUT2D eigenvalue weighted by molar-refractivity contribution is 1.47. The zero-order valence-corrected chi connectivity index (χ0v) is 10.3. The molecule has 0 aliphatic carbocycles. The molecule has 0 saturated heterocycles. The van der Waals surface area contributed by atoms with Crippen LogP contribution in [0.1, 0.15) is 27.7 Å². The van der Waals surface area contributed by atoms with E-state index < -0.39 is 0 Å². The van der Waals surface area contributed by atoms with Crippen molar-refractivity contribution < 1.29 is 0 Å². The van der Waals surface area contributed by atoms with Crippen LogP contribution < -0.4 is 10.6 Å². The molecule has 0 spiro atoms. The zero-order valence-electron chi connectivity index (χ0n) is 10.3. The second kappa shape index (κ2) is 11.8. The molecule has 1 aromatic rings. The van der Waals surface area contributed by atoms with Crippen LogP contribution >= 0.6 is 0 Å². The molecule has 0 saturated carbocycles. The fourth-order valence-electron chi connectivity index (χ4n) is 0.830. The van der Waals surface area contributed by atoms with Gasteiger partial charge in [-0.1, -0.05) is 33.8 Å². The summed E-state index contributed by atoms with van der Waals surface area (Å²) in [4.78, 5) is 0. The van der Waals surface area contributed by atoms with E-state index in [1.807, 2.05) is 60.0 Å². The predicted octanol–water partition coefficient (Wildman–Crippen LogP) is 3.82. The molecule has 0 atom stereocenters. The summed E-state index contributed by atoms with van der Waals surface area (Å²) in [6, 6.07) is 8.12. The maximum absolute atomic E-state index is 3.06. The van der Waals surface area contributed by atoms with E-state index in [9.17, 15) is 0 Å². The second-order valence-electron chi connectivity index (χ2n) is 2.08. The van der Waals surface area contributed by atoms with Crippen molar-refractivity contribution in [1.82, 2.24) is 0 Å². The summed E-state index contributed by atoms with van der Waals surface area (Å²) in [5, 5.41) is 6.12. The van der Waals surface area contributed by atoms with E-state index in [0.717, 1.165) is 11.4 Å². The molecule has 0 bridgehead atoms. The quantitative estimate of drug-likeness (QED) is 0.751. The Hall–Kier alpha value is -1.18. The molecule has 0 amide bonds.